The number of carbonyl (C=O) groups excluding carboxylic acids is 1. The first-order valence-corrected chi connectivity index (χ1v) is 11.0. The van der Waals surface area contributed by atoms with E-state index in [2.05, 4.69) is 5.32 Å². The van der Waals surface area contributed by atoms with E-state index in [-0.39, 0.29) is 61.6 Å². The number of halogens is 4. The average molecular weight is 549 g/mol. The number of nitrogens with one attached hydrogen (secondary N) is 2. The van der Waals surface area contributed by atoms with Gasteiger partial charge in [-0.2, -0.15) is 0 Å². The highest BCUT2D eigenvalue weighted by Gasteiger charge is 2.30. The largest absolute Gasteiger partial charge is 0.490 e. The van der Waals surface area contributed by atoms with E-state index in [1.165, 1.54) is 6.07 Å². The van der Waals surface area contributed by atoms with E-state index >= 15 is 4.39 Å². The van der Waals surface area contributed by atoms with Gasteiger partial charge in [0.2, 0.25) is 0 Å². The molecule has 0 aliphatic heterocycles. The maximum atomic E-state index is 15.3. The van der Waals surface area contributed by atoms with Gasteiger partial charge < -0.3 is 25.4 Å². The van der Waals surface area contributed by atoms with E-state index in [4.69, 9.17) is 20.6 Å². The van der Waals surface area contributed by atoms with Crippen LogP contribution in [0.2, 0.25) is 0 Å². The Morgan fingerprint density at radius 2 is 1.75 bits per heavy atom. The zero-order valence-corrected chi connectivity index (χ0v) is 22.8. The number of nitrogens with two attached hydrogens (primary N) is 1. The number of ether oxygens (including phenoxy) is 2. The molecular formula is C25H36Cl2F2N4O3. The van der Waals surface area contributed by atoms with E-state index in [0.717, 1.165) is 11.6 Å². The third kappa shape index (κ3) is 9.54. The molecule has 2 rings (SSSR count). The van der Waals surface area contributed by atoms with Crippen LogP contribution in [0.15, 0.2) is 36.4 Å². The third-order valence-corrected chi connectivity index (χ3v) is 5.02. The van der Waals surface area contributed by atoms with Gasteiger partial charge in [-0.1, -0.05) is 38.1 Å². The molecule has 1 amide bonds. The number of nitrogen functional groups attached to an aromatic ring is 1. The topological polar surface area (TPSA) is 101 Å². The first-order valence-electron chi connectivity index (χ1n) is 11.0. The minimum absolute atomic E-state index is 0. The van der Waals surface area contributed by atoms with E-state index in [0.29, 0.717) is 12.1 Å². The van der Waals surface area contributed by atoms with Crippen molar-refractivity contribution in [3.63, 3.8) is 0 Å². The molecule has 4 N–H and O–H groups in total. The van der Waals surface area contributed by atoms with Crippen molar-refractivity contribution in [3.8, 4) is 5.75 Å². The number of nitrogens with zero attached hydrogens (tertiary/aromatic N) is 1. The van der Waals surface area contributed by atoms with Crippen molar-refractivity contribution in [1.29, 1.82) is 5.41 Å². The summed E-state index contributed by atoms with van der Waals surface area (Å²) in [6.45, 7) is 6.70. The van der Waals surface area contributed by atoms with Gasteiger partial charge in [-0.15, -0.1) is 24.8 Å². The second kappa shape index (κ2) is 14.9. The lowest BCUT2D eigenvalue weighted by atomic mass is 9.94. The van der Waals surface area contributed by atoms with Gasteiger partial charge in [0.15, 0.2) is 17.7 Å². The lowest BCUT2D eigenvalue weighted by Crippen LogP contribution is -2.34. The first-order chi connectivity index (χ1) is 15.9. The summed E-state index contributed by atoms with van der Waals surface area (Å²) in [4.78, 5) is 14.9. The normalized spacial score (nSPS) is 11.8. The molecule has 7 nitrogen and oxygen atoms in total. The van der Waals surface area contributed by atoms with Crippen LogP contribution >= 0.6 is 24.8 Å². The van der Waals surface area contributed by atoms with Gasteiger partial charge >= 0.3 is 0 Å². The SMILES string of the molecule is CCOC(C(=O)NCc1ccc(C(=N)N)cc1)c1c(F)ccc(OCC(C)(C)CN(C)C)c1F.Cl.Cl. The minimum Gasteiger partial charge on any atom is -0.490 e. The van der Waals surface area contributed by atoms with Gasteiger partial charge in [0.1, 0.15) is 11.7 Å². The molecule has 0 aliphatic carbocycles. The third-order valence-electron chi connectivity index (χ3n) is 5.02. The molecule has 202 valence electrons. The van der Waals surface area contributed by atoms with Crippen molar-refractivity contribution in [2.75, 3.05) is 33.9 Å². The lowest BCUT2D eigenvalue weighted by molar-refractivity contribution is -0.133. The van der Waals surface area contributed by atoms with Crippen molar-refractivity contribution in [2.45, 2.75) is 33.4 Å². The number of benzene rings is 2. The fourth-order valence-electron chi connectivity index (χ4n) is 3.62. The van der Waals surface area contributed by atoms with Crippen LogP contribution in [0.3, 0.4) is 0 Å². The Hall–Kier alpha value is -2.46. The summed E-state index contributed by atoms with van der Waals surface area (Å²) in [7, 11) is 3.86. The molecule has 0 aliphatic rings. The highest BCUT2D eigenvalue weighted by atomic mass is 35.5. The Morgan fingerprint density at radius 3 is 2.28 bits per heavy atom. The van der Waals surface area contributed by atoms with Crippen LogP contribution < -0.4 is 15.8 Å². The van der Waals surface area contributed by atoms with Crippen LogP contribution in [-0.4, -0.2) is 50.5 Å². The van der Waals surface area contributed by atoms with Crippen LogP contribution in [0, 0.1) is 22.5 Å². The zero-order chi connectivity index (χ0) is 25.5. The Morgan fingerprint density at radius 1 is 1.14 bits per heavy atom. The molecule has 0 saturated carbocycles. The highest BCUT2D eigenvalue weighted by Crippen LogP contribution is 2.31. The number of hydrogen-bond donors (Lipinski definition) is 3. The van der Waals surface area contributed by atoms with Gasteiger partial charge in [-0.25, -0.2) is 8.78 Å². The van der Waals surface area contributed by atoms with Crippen LogP contribution in [-0.2, 0) is 16.1 Å². The molecule has 0 fully saturated rings. The summed E-state index contributed by atoms with van der Waals surface area (Å²) in [5.41, 5.74) is 5.96. The van der Waals surface area contributed by atoms with E-state index in [9.17, 15) is 9.18 Å². The smallest absolute Gasteiger partial charge is 0.254 e. The standard InChI is InChI=1S/C25H34F2N4O3.2ClH/c1-6-33-22(24(32)30-13-16-7-9-17(10-8-16)23(28)29)20-18(26)11-12-19(21(20)27)34-15-25(2,3)14-31(4)5;;/h7-12,22H,6,13-15H2,1-5H3,(H3,28,29)(H,30,32);2*1H. The Labute approximate surface area is 224 Å². The molecule has 0 spiro atoms. The van der Waals surface area contributed by atoms with E-state index in [1.54, 1.807) is 31.2 Å². The maximum Gasteiger partial charge on any atom is 0.254 e. The zero-order valence-electron chi connectivity index (χ0n) is 21.2. The molecule has 2 aromatic rings. The molecular weight excluding hydrogens is 513 g/mol. The molecule has 11 heteroatoms. The summed E-state index contributed by atoms with van der Waals surface area (Å²) >= 11 is 0. The maximum absolute atomic E-state index is 15.3. The van der Waals surface area contributed by atoms with Crippen LogP contribution in [0.5, 0.6) is 5.75 Å². The van der Waals surface area contributed by atoms with Crippen LogP contribution in [0.4, 0.5) is 8.78 Å². The van der Waals surface area contributed by atoms with Crippen LogP contribution in [0.1, 0.15) is 43.6 Å². The number of carbonyl (C=O) groups is 1. The van der Waals surface area contributed by atoms with Gasteiger partial charge in [0.05, 0.1) is 12.2 Å². The summed E-state index contributed by atoms with van der Waals surface area (Å²) in [5.74, 6) is -2.73. The molecule has 0 bridgehead atoms. The van der Waals surface area contributed by atoms with E-state index < -0.39 is 29.2 Å². The van der Waals surface area contributed by atoms with E-state index in [1.807, 2.05) is 32.8 Å². The summed E-state index contributed by atoms with van der Waals surface area (Å²) < 4.78 is 41.1. The Bertz CT molecular complexity index is 1010. The number of hydrogen-bond acceptors (Lipinski definition) is 5. The molecule has 0 radical (unpaired) electrons. The predicted molar refractivity (Wildman–Crippen MR) is 142 cm³/mol. The summed E-state index contributed by atoms with van der Waals surface area (Å²) in [6, 6.07) is 9.02. The lowest BCUT2D eigenvalue weighted by Gasteiger charge is -2.28. The van der Waals surface area contributed by atoms with Crippen LogP contribution in [0.25, 0.3) is 0 Å². The molecule has 1 unspecified atom stereocenters. The fraction of sp³-hybridized carbons (Fsp3) is 0.440. The summed E-state index contributed by atoms with van der Waals surface area (Å²) in [6.07, 6.45) is -1.49. The van der Waals surface area contributed by atoms with Crippen molar-refractivity contribution in [1.82, 2.24) is 10.2 Å². The predicted octanol–water partition coefficient (Wildman–Crippen LogP) is 4.45. The average Bonchev–Trinajstić information content (AvgIpc) is 2.75. The highest BCUT2D eigenvalue weighted by molar-refractivity contribution is 5.94. The van der Waals surface area contributed by atoms with Crippen molar-refractivity contribution in [2.24, 2.45) is 11.1 Å². The quantitative estimate of drug-likeness (QED) is 0.268. The molecule has 0 heterocycles. The second-order valence-electron chi connectivity index (χ2n) is 9.13. The van der Waals surface area contributed by atoms with Gasteiger partial charge in [0, 0.05) is 30.7 Å². The minimum atomic E-state index is -1.49. The first kappa shape index (κ1) is 33.5. The molecule has 2 aromatic carbocycles. The van der Waals surface area contributed by atoms with Gasteiger partial charge in [0.25, 0.3) is 5.91 Å². The second-order valence-corrected chi connectivity index (χ2v) is 9.13. The number of amides is 1. The van der Waals surface area contributed by atoms with Gasteiger partial charge in [-0.05, 0) is 38.7 Å². The van der Waals surface area contributed by atoms with Crippen molar-refractivity contribution >= 4 is 36.6 Å². The molecule has 36 heavy (non-hydrogen) atoms. The van der Waals surface area contributed by atoms with Crippen molar-refractivity contribution in [3.05, 3.63) is 64.7 Å². The van der Waals surface area contributed by atoms with Gasteiger partial charge in [-0.3, -0.25) is 10.2 Å². The number of amidine groups is 1. The molecule has 0 aromatic heterocycles. The van der Waals surface area contributed by atoms with Crippen molar-refractivity contribution < 1.29 is 23.0 Å². The Kier molecular flexibility index (Phi) is 13.9. The monoisotopic (exact) mass is 548 g/mol. The Balaban J connectivity index is 0.00000612. The number of rotatable bonds is 12. The fourth-order valence-corrected chi connectivity index (χ4v) is 3.62. The molecule has 1 atom stereocenters. The molecule has 0 saturated heterocycles. The summed E-state index contributed by atoms with van der Waals surface area (Å²) in [5, 5.41) is 10.1.